The van der Waals surface area contributed by atoms with Crippen molar-refractivity contribution in [3.05, 3.63) is 53.6 Å². The number of para-hydroxylation sites is 1. The van der Waals surface area contributed by atoms with E-state index in [1.807, 2.05) is 0 Å². The third-order valence-corrected chi connectivity index (χ3v) is 3.30. The van der Waals surface area contributed by atoms with Gasteiger partial charge in [0, 0.05) is 5.56 Å². The number of esters is 1. The minimum atomic E-state index is -0.484. The number of hydrogen-bond acceptors (Lipinski definition) is 7. The van der Waals surface area contributed by atoms with Crippen molar-refractivity contribution in [2.75, 3.05) is 27.4 Å². The second-order valence-corrected chi connectivity index (χ2v) is 4.84. The molecule has 0 amide bonds. The minimum Gasteiger partial charge on any atom is -0.496 e. The number of methoxy groups -OCH3 is 2. The van der Waals surface area contributed by atoms with E-state index in [-0.39, 0.29) is 13.2 Å². The summed E-state index contributed by atoms with van der Waals surface area (Å²) in [4.78, 5) is 12.1. The summed E-state index contributed by atoms with van der Waals surface area (Å²) in [5.74, 6) is 0.943. The summed E-state index contributed by atoms with van der Waals surface area (Å²) >= 11 is 0. The highest BCUT2D eigenvalue weighted by Crippen LogP contribution is 2.27. The first-order valence-electron chi connectivity index (χ1n) is 7.48. The summed E-state index contributed by atoms with van der Waals surface area (Å²) < 4.78 is 21.1. The number of hydrogen-bond donors (Lipinski definition) is 1. The molecule has 7 nitrogen and oxygen atoms in total. The van der Waals surface area contributed by atoms with Gasteiger partial charge in [0.05, 0.1) is 20.4 Å². The van der Waals surface area contributed by atoms with Gasteiger partial charge in [-0.1, -0.05) is 17.3 Å². The van der Waals surface area contributed by atoms with Crippen molar-refractivity contribution < 1.29 is 28.9 Å². The van der Waals surface area contributed by atoms with E-state index in [9.17, 15) is 4.79 Å². The summed E-state index contributed by atoms with van der Waals surface area (Å²) in [5.41, 5.74) is 1.02. The van der Waals surface area contributed by atoms with E-state index in [2.05, 4.69) is 5.16 Å². The van der Waals surface area contributed by atoms with Gasteiger partial charge in [-0.15, -0.1) is 0 Å². The summed E-state index contributed by atoms with van der Waals surface area (Å²) in [6, 6.07) is 11.9. The van der Waals surface area contributed by atoms with Gasteiger partial charge in [0.2, 0.25) is 0 Å². The monoisotopic (exact) mass is 345 g/mol. The first-order chi connectivity index (χ1) is 12.2. The van der Waals surface area contributed by atoms with E-state index < -0.39 is 5.97 Å². The van der Waals surface area contributed by atoms with Crippen molar-refractivity contribution >= 4 is 12.2 Å². The molecule has 7 heteroatoms. The van der Waals surface area contributed by atoms with Crippen LogP contribution in [0.25, 0.3) is 0 Å². The molecular formula is C18H19NO6. The third-order valence-electron chi connectivity index (χ3n) is 3.30. The lowest BCUT2D eigenvalue weighted by Crippen LogP contribution is -2.13. The lowest BCUT2D eigenvalue weighted by Gasteiger charge is -2.12. The Labute approximate surface area is 145 Å². The van der Waals surface area contributed by atoms with Gasteiger partial charge in [-0.3, -0.25) is 0 Å². The van der Waals surface area contributed by atoms with Crippen LogP contribution in [0.1, 0.15) is 15.9 Å². The van der Waals surface area contributed by atoms with E-state index in [1.165, 1.54) is 20.4 Å². The molecule has 0 saturated heterocycles. The van der Waals surface area contributed by atoms with Crippen LogP contribution in [0.2, 0.25) is 0 Å². The molecule has 2 aromatic rings. The molecule has 0 aliphatic rings. The van der Waals surface area contributed by atoms with Gasteiger partial charge in [0.15, 0.2) is 11.5 Å². The van der Waals surface area contributed by atoms with Crippen LogP contribution < -0.4 is 14.2 Å². The second-order valence-electron chi connectivity index (χ2n) is 4.84. The average Bonchev–Trinajstić information content (AvgIpc) is 2.65. The Hall–Kier alpha value is -3.22. The fourth-order valence-electron chi connectivity index (χ4n) is 2.13. The van der Waals surface area contributed by atoms with Crippen LogP contribution in [0, 0.1) is 0 Å². The SMILES string of the molecule is COc1cc(/C=N\O)ccc1OCCOC(=O)c1ccccc1OC. The van der Waals surface area contributed by atoms with Crippen molar-refractivity contribution in [1.29, 1.82) is 0 Å². The Bertz CT molecular complexity index is 744. The van der Waals surface area contributed by atoms with Crippen LogP contribution in [0.15, 0.2) is 47.6 Å². The lowest BCUT2D eigenvalue weighted by atomic mass is 10.2. The Morgan fingerprint density at radius 2 is 1.80 bits per heavy atom. The maximum absolute atomic E-state index is 12.1. The number of carbonyl (C=O) groups excluding carboxylic acids is 1. The summed E-state index contributed by atoms with van der Waals surface area (Å²) in [6.45, 7) is 0.227. The predicted molar refractivity (Wildman–Crippen MR) is 91.1 cm³/mol. The molecule has 0 aliphatic carbocycles. The molecule has 2 aromatic carbocycles. The Kier molecular flexibility index (Phi) is 6.65. The molecule has 2 rings (SSSR count). The van der Waals surface area contributed by atoms with Crippen molar-refractivity contribution in [2.45, 2.75) is 0 Å². The van der Waals surface area contributed by atoms with E-state index in [0.29, 0.717) is 28.4 Å². The summed E-state index contributed by atoms with van der Waals surface area (Å²) in [5, 5.41) is 11.5. The summed E-state index contributed by atoms with van der Waals surface area (Å²) in [7, 11) is 3.00. The largest absolute Gasteiger partial charge is 0.496 e. The van der Waals surface area contributed by atoms with Gasteiger partial charge in [0.25, 0.3) is 0 Å². The summed E-state index contributed by atoms with van der Waals surface area (Å²) in [6.07, 6.45) is 1.28. The van der Waals surface area contributed by atoms with Gasteiger partial charge in [-0.2, -0.15) is 0 Å². The zero-order valence-corrected chi connectivity index (χ0v) is 14.0. The van der Waals surface area contributed by atoms with E-state index in [4.69, 9.17) is 24.2 Å². The predicted octanol–water partition coefficient (Wildman–Crippen LogP) is 2.75. The highest BCUT2D eigenvalue weighted by molar-refractivity contribution is 5.92. The van der Waals surface area contributed by atoms with Gasteiger partial charge in [-0.05, 0) is 30.3 Å². The Balaban J connectivity index is 1.89. The van der Waals surface area contributed by atoms with Crippen molar-refractivity contribution in [3.8, 4) is 17.2 Å². The van der Waals surface area contributed by atoms with Crippen LogP contribution >= 0.6 is 0 Å². The van der Waals surface area contributed by atoms with Gasteiger partial charge >= 0.3 is 5.97 Å². The molecule has 0 unspecified atom stereocenters. The smallest absolute Gasteiger partial charge is 0.342 e. The van der Waals surface area contributed by atoms with Crippen molar-refractivity contribution in [1.82, 2.24) is 0 Å². The molecule has 25 heavy (non-hydrogen) atoms. The molecular weight excluding hydrogens is 326 g/mol. The molecule has 0 bridgehead atoms. The van der Waals surface area contributed by atoms with Crippen LogP contribution in [-0.2, 0) is 4.74 Å². The first-order valence-corrected chi connectivity index (χ1v) is 7.48. The van der Waals surface area contributed by atoms with Crippen LogP contribution in [0.5, 0.6) is 17.2 Å². The molecule has 132 valence electrons. The normalized spacial score (nSPS) is 10.5. The zero-order chi connectivity index (χ0) is 18.1. The van der Waals surface area contributed by atoms with E-state index in [0.717, 1.165) is 0 Å². The quantitative estimate of drug-likeness (QED) is 0.260. The number of oxime groups is 1. The topological polar surface area (TPSA) is 86.6 Å². The Morgan fingerprint density at radius 1 is 1.04 bits per heavy atom. The van der Waals surface area contributed by atoms with Crippen LogP contribution in [0.4, 0.5) is 0 Å². The average molecular weight is 345 g/mol. The molecule has 0 atom stereocenters. The van der Waals surface area contributed by atoms with Gasteiger partial charge < -0.3 is 24.2 Å². The molecule has 0 aliphatic heterocycles. The van der Waals surface area contributed by atoms with E-state index >= 15 is 0 Å². The molecule has 1 N–H and O–H groups in total. The number of ether oxygens (including phenoxy) is 4. The molecule has 0 saturated carbocycles. The second kappa shape index (κ2) is 9.17. The van der Waals surface area contributed by atoms with Crippen LogP contribution in [0.3, 0.4) is 0 Å². The molecule has 0 spiro atoms. The standard InChI is InChI=1S/C18H19NO6/c1-22-15-6-4-3-5-14(15)18(20)25-10-9-24-16-8-7-13(12-19-21)11-17(16)23-2/h3-8,11-12,21H,9-10H2,1-2H3/b19-12-. The fourth-order valence-corrected chi connectivity index (χ4v) is 2.13. The number of rotatable bonds is 8. The number of benzene rings is 2. The fraction of sp³-hybridized carbons (Fsp3) is 0.222. The molecule has 0 radical (unpaired) electrons. The number of nitrogens with zero attached hydrogens (tertiary/aromatic N) is 1. The van der Waals surface area contributed by atoms with E-state index in [1.54, 1.807) is 42.5 Å². The first kappa shape index (κ1) is 18.1. The molecule has 0 fully saturated rings. The lowest BCUT2D eigenvalue weighted by molar-refractivity contribution is 0.0445. The van der Waals surface area contributed by atoms with Crippen molar-refractivity contribution in [3.63, 3.8) is 0 Å². The third kappa shape index (κ3) is 4.87. The van der Waals surface area contributed by atoms with Crippen molar-refractivity contribution in [2.24, 2.45) is 5.16 Å². The zero-order valence-electron chi connectivity index (χ0n) is 14.0. The Morgan fingerprint density at radius 3 is 2.52 bits per heavy atom. The van der Waals surface area contributed by atoms with Gasteiger partial charge in [0.1, 0.15) is 24.5 Å². The number of carbonyl (C=O) groups is 1. The van der Waals surface area contributed by atoms with Crippen LogP contribution in [-0.4, -0.2) is 44.8 Å². The highest BCUT2D eigenvalue weighted by Gasteiger charge is 2.13. The van der Waals surface area contributed by atoms with Gasteiger partial charge in [-0.25, -0.2) is 4.79 Å². The molecule has 0 heterocycles. The maximum Gasteiger partial charge on any atom is 0.342 e. The highest BCUT2D eigenvalue weighted by atomic mass is 16.6. The minimum absolute atomic E-state index is 0.0693. The molecule has 0 aromatic heterocycles. The maximum atomic E-state index is 12.1.